The van der Waals surface area contributed by atoms with Crippen LogP contribution >= 0.6 is 58.0 Å². The van der Waals surface area contributed by atoms with Crippen LogP contribution in [0.4, 0.5) is 0 Å². The quantitative estimate of drug-likeness (QED) is 0.371. The molecule has 7 nitrogen and oxygen atoms in total. The zero-order valence-corrected chi connectivity index (χ0v) is 14.7. The van der Waals surface area contributed by atoms with Crippen molar-refractivity contribution in [2.24, 2.45) is 0 Å². The van der Waals surface area contributed by atoms with Crippen LogP contribution < -0.4 is 0 Å². The third-order valence-electron chi connectivity index (χ3n) is 3.48. The lowest BCUT2D eigenvalue weighted by atomic mass is 9.91. The first-order valence-corrected chi connectivity index (χ1v) is 8.12. The fourth-order valence-corrected chi connectivity index (χ4v) is 3.08. The Morgan fingerprint density at radius 2 is 2.09 bits per heavy atom. The molecule has 0 radical (unpaired) electrons. The number of aromatic nitrogens is 3. The molecule has 0 N–H and O–H groups in total. The van der Waals surface area contributed by atoms with Crippen molar-refractivity contribution in [3.05, 3.63) is 22.8 Å². The van der Waals surface area contributed by atoms with Crippen molar-refractivity contribution in [1.29, 1.82) is 0 Å². The van der Waals surface area contributed by atoms with E-state index in [0.29, 0.717) is 12.8 Å². The van der Waals surface area contributed by atoms with Gasteiger partial charge in [0.1, 0.15) is 17.5 Å². The summed E-state index contributed by atoms with van der Waals surface area (Å²) in [7, 11) is 0. The Bertz CT molecular complexity index is 537. The van der Waals surface area contributed by atoms with E-state index in [9.17, 15) is 10.1 Å². The Morgan fingerprint density at radius 3 is 2.50 bits per heavy atom. The minimum atomic E-state index is -1.69. The van der Waals surface area contributed by atoms with E-state index in [0.717, 1.165) is 0 Å². The van der Waals surface area contributed by atoms with Crippen LogP contribution in [0.25, 0.3) is 0 Å². The Labute approximate surface area is 150 Å². The van der Waals surface area contributed by atoms with Crippen molar-refractivity contribution in [2.75, 3.05) is 0 Å². The summed E-state index contributed by atoms with van der Waals surface area (Å²) >= 11 is 30.2. The van der Waals surface area contributed by atoms with Crippen molar-refractivity contribution in [3.8, 4) is 0 Å². The van der Waals surface area contributed by atoms with E-state index in [1.54, 1.807) is 0 Å². The monoisotopic (exact) mass is 410 g/mol. The second-order valence-electron chi connectivity index (χ2n) is 5.11. The summed E-state index contributed by atoms with van der Waals surface area (Å²) in [5.74, 6) is 0. The summed E-state index contributed by atoms with van der Waals surface area (Å²) in [4.78, 5) is 17.5. The molecule has 1 unspecified atom stereocenters. The van der Waals surface area contributed by atoms with Crippen molar-refractivity contribution in [3.63, 3.8) is 0 Å². The van der Waals surface area contributed by atoms with E-state index in [1.807, 2.05) is 0 Å². The molecule has 1 aliphatic carbocycles. The lowest BCUT2D eigenvalue weighted by molar-refractivity contribution is -0.783. The predicted molar refractivity (Wildman–Crippen MR) is 83.2 cm³/mol. The fourth-order valence-electron chi connectivity index (χ4n) is 2.24. The van der Waals surface area contributed by atoms with Crippen LogP contribution in [0.3, 0.4) is 0 Å². The van der Waals surface area contributed by atoms with Gasteiger partial charge in [-0.25, -0.2) is 4.98 Å². The van der Waals surface area contributed by atoms with Crippen LogP contribution in [0.5, 0.6) is 0 Å². The lowest BCUT2D eigenvalue weighted by Gasteiger charge is -2.39. The number of nitrogens with zero attached hydrogens (tertiary/aromatic N) is 4. The third-order valence-corrected chi connectivity index (χ3v) is 6.10. The standard InChI is InChI=1S/C10H11Cl5N4O3/c11-7(12)10(14,15)3-9(22-19(20)21,8(13)1-2-8)4-18-6-16-5-17-18/h5-7H,1-4H2. The maximum atomic E-state index is 11.0. The molecule has 12 heteroatoms. The molecule has 1 aromatic heterocycles. The molecule has 0 spiro atoms. The maximum Gasteiger partial charge on any atom is 0.295 e. The summed E-state index contributed by atoms with van der Waals surface area (Å²) in [5.41, 5.74) is -1.54. The zero-order chi connectivity index (χ0) is 16.6. The van der Waals surface area contributed by atoms with E-state index in [2.05, 4.69) is 10.1 Å². The minimum Gasteiger partial charge on any atom is -0.303 e. The van der Waals surface area contributed by atoms with Gasteiger partial charge in [-0.1, -0.05) is 23.2 Å². The molecule has 1 aromatic rings. The highest BCUT2D eigenvalue weighted by Crippen LogP contribution is 2.58. The van der Waals surface area contributed by atoms with E-state index in [1.165, 1.54) is 17.3 Å². The van der Waals surface area contributed by atoms with Gasteiger partial charge in [0.05, 0.1) is 11.4 Å². The molecular weight excluding hydrogens is 401 g/mol. The topological polar surface area (TPSA) is 83.1 Å². The highest BCUT2D eigenvalue weighted by molar-refractivity contribution is 6.59. The normalized spacial score (nSPS) is 19.7. The maximum absolute atomic E-state index is 11.0. The molecule has 0 bridgehead atoms. The Hall–Kier alpha value is -0.210. The molecule has 0 aliphatic heterocycles. The highest BCUT2D eigenvalue weighted by Gasteiger charge is 2.64. The number of rotatable bonds is 8. The smallest absolute Gasteiger partial charge is 0.295 e. The molecule has 0 amide bonds. The summed E-state index contributed by atoms with van der Waals surface area (Å²) in [6, 6.07) is 0. The molecule has 1 atom stereocenters. The average Bonchev–Trinajstić information content (AvgIpc) is 2.94. The van der Waals surface area contributed by atoms with Gasteiger partial charge < -0.3 is 4.84 Å². The number of halogens is 5. The van der Waals surface area contributed by atoms with Gasteiger partial charge in [-0.15, -0.1) is 44.9 Å². The van der Waals surface area contributed by atoms with Crippen LogP contribution in [0, 0.1) is 10.1 Å². The molecule has 2 rings (SSSR count). The molecular formula is C10H11Cl5N4O3. The van der Waals surface area contributed by atoms with Crippen LogP contribution in [0.2, 0.25) is 0 Å². The van der Waals surface area contributed by atoms with Crippen molar-refractivity contribution in [1.82, 2.24) is 14.8 Å². The molecule has 124 valence electrons. The average molecular weight is 412 g/mol. The summed E-state index contributed by atoms with van der Waals surface area (Å²) in [6.45, 7) is -0.0703. The van der Waals surface area contributed by atoms with Crippen molar-refractivity contribution in [2.45, 2.75) is 45.5 Å². The summed E-state index contributed by atoms with van der Waals surface area (Å²) in [5, 5.41) is 14.0. The van der Waals surface area contributed by atoms with Crippen LogP contribution in [0.15, 0.2) is 12.7 Å². The third kappa shape index (κ3) is 3.82. The summed E-state index contributed by atoms with van der Waals surface area (Å²) < 4.78 is -0.336. The van der Waals surface area contributed by atoms with Gasteiger partial charge in [0, 0.05) is 6.42 Å². The van der Waals surface area contributed by atoms with Gasteiger partial charge in [0.25, 0.3) is 5.09 Å². The second-order valence-corrected chi connectivity index (χ2v) is 8.47. The van der Waals surface area contributed by atoms with Gasteiger partial charge in [-0.05, 0) is 12.8 Å². The Kier molecular flexibility index (Phi) is 5.24. The predicted octanol–water partition coefficient (Wildman–Crippen LogP) is 3.36. The first kappa shape index (κ1) is 18.1. The van der Waals surface area contributed by atoms with Crippen LogP contribution in [0.1, 0.15) is 19.3 Å². The van der Waals surface area contributed by atoms with E-state index in [-0.39, 0.29) is 13.0 Å². The van der Waals surface area contributed by atoms with Gasteiger partial charge in [-0.3, -0.25) is 4.68 Å². The minimum absolute atomic E-state index is 0.0703. The van der Waals surface area contributed by atoms with E-state index >= 15 is 0 Å². The molecule has 1 heterocycles. The van der Waals surface area contributed by atoms with E-state index in [4.69, 9.17) is 62.8 Å². The van der Waals surface area contributed by atoms with E-state index < -0.39 is 24.7 Å². The molecule has 22 heavy (non-hydrogen) atoms. The fraction of sp³-hybridized carbons (Fsp3) is 0.800. The van der Waals surface area contributed by atoms with Crippen molar-refractivity contribution < 1.29 is 9.92 Å². The molecule has 0 aromatic carbocycles. The Balaban J connectivity index is 2.38. The number of alkyl halides is 5. The molecule has 1 saturated carbocycles. The van der Waals surface area contributed by atoms with Gasteiger partial charge in [0.2, 0.25) is 0 Å². The summed E-state index contributed by atoms with van der Waals surface area (Å²) in [6.07, 6.45) is 3.40. The van der Waals surface area contributed by atoms with Gasteiger partial charge in [-0.2, -0.15) is 5.10 Å². The SMILES string of the molecule is O=[N+]([O-])OC(Cn1cncn1)(CC(Cl)(Cl)C(Cl)Cl)C1(Cl)CC1. The second kappa shape index (κ2) is 6.36. The van der Waals surface area contributed by atoms with Crippen LogP contribution in [-0.2, 0) is 11.4 Å². The first-order chi connectivity index (χ1) is 10.1. The molecule has 1 fully saturated rings. The van der Waals surface area contributed by atoms with Gasteiger partial charge >= 0.3 is 0 Å². The van der Waals surface area contributed by atoms with Gasteiger partial charge in [0.15, 0.2) is 9.93 Å². The molecule has 0 saturated heterocycles. The zero-order valence-electron chi connectivity index (χ0n) is 11.0. The largest absolute Gasteiger partial charge is 0.303 e. The highest BCUT2D eigenvalue weighted by atomic mass is 35.5. The Morgan fingerprint density at radius 1 is 1.45 bits per heavy atom. The number of hydrogen-bond donors (Lipinski definition) is 0. The number of hydrogen-bond acceptors (Lipinski definition) is 5. The van der Waals surface area contributed by atoms with Crippen molar-refractivity contribution >= 4 is 58.0 Å². The lowest BCUT2D eigenvalue weighted by Crippen LogP contribution is -2.53. The van der Waals surface area contributed by atoms with Crippen LogP contribution in [-0.4, -0.2) is 39.5 Å². The molecule has 1 aliphatic rings. The first-order valence-electron chi connectivity index (χ1n) is 6.11.